The first-order chi connectivity index (χ1) is 6.36. The van der Waals surface area contributed by atoms with Gasteiger partial charge in [-0.2, -0.15) is 0 Å². The molecule has 3 rings (SSSR count). The minimum atomic E-state index is 0.752. The average Bonchev–Trinajstić information content (AvgIpc) is 2.70. The summed E-state index contributed by atoms with van der Waals surface area (Å²) >= 11 is 0. The lowest BCUT2D eigenvalue weighted by molar-refractivity contribution is 0.747. The van der Waals surface area contributed by atoms with Crippen LogP contribution in [0.25, 0.3) is 10.9 Å². The van der Waals surface area contributed by atoms with E-state index in [1.54, 1.807) is 11.1 Å². The Morgan fingerprint density at radius 2 is 2.23 bits per heavy atom. The van der Waals surface area contributed by atoms with Gasteiger partial charge in [0.25, 0.3) is 0 Å². The quantitative estimate of drug-likeness (QED) is 0.626. The summed E-state index contributed by atoms with van der Waals surface area (Å²) in [7, 11) is 0. The van der Waals surface area contributed by atoms with Gasteiger partial charge in [0.15, 0.2) is 0 Å². The molecular weight excluding hydrogens is 158 g/mol. The highest BCUT2D eigenvalue weighted by atomic mass is 14.7. The number of aryl methyl sites for hydroxylation is 1. The summed E-state index contributed by atoms with van der Waals surface area (Å²) in [6, 6.07) is 6.67. The molecule has 0 saturated heterocycles. The molecule has 0 spiro atoms. The third-order valence-electron chi connectivity index (χ3n) is 3.23. The molecule has 1 heterocycles. The van der Waals surface area contributed by atoms with Gasteiger partial charge < -0.3 is 4.98 Å². The summed E-state index contributed by atoms with van der Waals surface area (Å²) in [6.45, 7) is 2.32. The number of rotatable bonds is 0. The van der Waals surface area contributed by atoms with Crippen molar-refractivity contribution < 1.29 is 0 Å². The standard InChI is InChI=1S/C12H13N/c1-8-2-4-11-10(8)5-3-9-6-7-13-12(9)11/h3,5-8,13H,2,4H2,1H3. The van der Waals surface area contributed by atoms with Crippen molar-refractivity contribution in [3.8, 4) is 0 Å². The molecule has 0 saturated carbocycles. The second kappa shape index (κ2) is 2.38. The maximum absolute atomic E-state index is 3.34. The topological polar surface area (TPSA) is 15.8 Å². The van der Waals surface area contributed by atoms with E-state index in [9.17, 15) is 0 Å². The van der Waals surface area contributed by atoms with Crippen molar-refractivity contribution in [2.45, 2.75) is 25.7 Å². The number of H-pyrrole nitrogens is 1. The Bertz CT molecular complexity index is 453. The zero-order valence-corrected chi connectivity index (χ0v) is 7.80. The number of aromatic amines is 1. The van der Waals surface area contributed by atoms with E-state index in [1.165, 1.54) is 23.7 Å². The minimum absolute atomic E-state index is 0.752. The van der Waals surface area contributed by atoms with Gasteiger partial charge in [-0.25, -0.2) is 0 Å². The number of benzene rings is 1. The SMILES string of the molecule is CC1CCc2c1ccc1cc[nH]c21. The number of fused-ring (bicyclic) bond motifs is 3. The summed E-state index contributed by atoms with van der Waals surface area (Å²) in [5, 5.41) is 1.35. The Labute approximate surface area is 77.8 Å². The van der Waals surface area contributed by atoms with Crippen LogP contribution in [-0.4, -0.2) is 4.98 Å². The van der Waals surface area contributed by atoms with Crippen LogP contribution in [0.4, 0.5) is 0 Å². The maximum atomic E-state index is 3.34. The van der Waals surface area contributed by atoms with Crippen molar-refractivity contribution in [2.75, 3.05) is 0 Å². The van der Waals surface area contributed by atoms with Crippen LogP contribution in [0.2, 0.25) is 0 Å². The molecule has 66 valence electrons. The normalized spacial score (nSPS) is 20.8. The van der Waals surface area contributed by atoms with Crippen molar-refractivity contribution in [2.24, 2.45) is 0 Å². The Balaban J connectivity index is 2.39. The maximum Gasteiger partial charge on any atom is 0.0489 e. The van der Waals surface area contributed by atoms with Gasteiger partial charge in [-0.15, -0.1) is 0 Å². The second-order valence-electron chi connectivity index (χ2n) is 4.01. The monoisotopic (exact) mass is 171 g/mol. The van der Waals surface area contributed by atoms with E-state index in [0.717, 1.165) is 5.92 Å². The van der Waals surface area contributed by atoms with Gasteiger partial charge in [-0.1, -0.05) is 19.1 Å². The zero-order chi connectivity index (χ0) is 8.84. The van der Waals surface area contributed by atoms with Gasteiger partial charge in [0.2, 0.25) is 0 Å². The molecule has 1 atom stereocenters. The molecule has 0 amide bonds. The lowest BCUT2D eigenvalue weighted by atomic mass is 10.0. The number of hydrogen-bond donors (Lipinski definition) is 1. The van der Waals surface area contributed by atoms with Crippen LogP contribution in [0.15, 0.2) is 24.4 Å². The molecule has 1 heteroatoms. The van der Waals surface area contributed by atoms with Crippen molar-refractivity contribution in [1.29, 1.82) is 0 Å². The fraction of sp³-hybridized carbons (Fsp3) is 0.333. The highest BCUT2D eigenvalue weighted by molar-refractivity contribution is 5.84. The van der Waals surface area contributed by atoms with Crippen LogP contribution in [0, 0.1) is 0 Å². The molecule has 1 N–H and O–H groups in total. The van der Waals surface area contributed by atoms with Gasteiger partial charge in [0, 0.05) is 11.7 Å². The first kappa shape index (κ1) is 7.19. The lowest BCUT2D eigenvalue weighted by Gasteiger charge is -2.04. The summed E-state index contributed by atoms with van der Waals surface area (Å²) < 4.78 is 0. The zero-order valence-electron chi connectivity index (χ0n) is 7.80. The Morgan fingerprint density at radius 3 is 3.15 bits per heavy atom. The average molecular weight is 171 g/mol. The fourth-order valence-electron chi connectivity index (χ4n) is 2.45. The molecule has 1 unspecified atom stereocenters. The molecule has 1 aliphatic carbocycles. The molecule has 2 aromatic rings. The predicted molar refractivity (Wildman–Crippen MR) is 55.0 cm³/mol. The van der Waals surface area contributed by atoms with Crippen LogP contribution in [-0.2, 0) is 6.42 Å². The first-order valence-corrected chi connectivity index (χ1v) is 4.95. The Morgan fingerprint density at radius 1 is 1.31 bits per heavy atom. The smallest absolute Gasteiger partial charge is 0.0489 e. The van der Waals surface area contributed by atoms with Crippen molar-refractivity contribution >= 4 is 10.9 Å². The molecule has 0 bridgehead atoms. The second-order valence-corrected chi connectivity index (χ2v) is 4.01. The highest BCUT2D eigenvalue weighted by Crippen LogP contribution is 2.36. The minimum Gasteiger partial charge on any atom is -0.361 e. The summed E-state index contributed by atoms with van der Waals surface area (Å²) in [5.41, 5.74) is 4.46. The van der Waals surface area contributed by atoms with E-state index in [2.05, 4.69) is 30.1 Å². The van der Waals surface area contributed by atoms with Crippen molar-refractivity contribution in [3.05, 3.63) is 35.5 Å². The van der Waals surface area contributed by atoms with Gasteiger partial charge in [-0.05, 0) is 41.3 Å². The predicted octanol–water partition coefficient (Wildman–Crippen LogP) is 3.22. The van der Waals surface area contributed by atoms with Gasteiger partial charge >= 0.3 is 0 Å². The van der Waals surface area contributed by atoms with E-state index < -0.39 is 0 Å². The van der Waals surface area contributed by atoms with Crippen LogP contribution >= 0.6 is 0 Å². The molecule has 13 heavy (non-hydrogen) atoms. The summed E-state index contributed by atoms with van der Waals surface area (Å²) in [6.07, 6.45) is 4.59. The highest BCUT2D eigenvalue weighted by Gasteiger charge is 2.20. The van der Waals surface area contributed by atoms with Crippen LogP contribution in [0.3, 0.4) is 0 Å². The summed E-state index contributed by atoms with van der Waals surface area (Å²) in [5.74, 6) is 0.752. The fourth-order valence-corrected chi connectivity index (χ4v) is 2.45. The van der Waals surface area contributed by atoms with E-state index >= 15 is 0 Å². The van der Waals surface area contributed by atoms with E-state index in [4.69, 9.17) is 0 Å². The van der Waals surface area contributed by atoms with Gasteiger partial charge in [-0.3, -0.25) is 0 Å². The van der Waals surface area contributed by atoms with Crippen molar-refractivity contribution in [1.82, 2.24) is 4.98 Å². The molecule has 1 aromatic heterocycles. The van der Waals surface area contributed by atoms with Gasteiger partial charge in [0.1, 0.15) is 0 Å². The van der Waals surface area contributed by atoms with E-state index in [0.29, 0.717) is 0 Å². The summed E-state index contributed by atoms with van der Waals surface area (Å²) in [4.78, 5) is 3.34. The molecule has 1 aliphatic rings. The molecule has 1 aromatic carbocycles. The third kappa shape index (κ3) is 0.873. The van der Waals surface area contributed by atoms with Crippen molar-refractivity contribution in [3.63, 3.8) is 0 Å². The van der Waals surface area contributed by atoms with E-state index in [-0.39, 0.29) is 0 Å². The Hall–Kier alpha value is -1.24. The third-order valence-corrected chi connectivity index (χ3v) is 3.23. The molecular formula is C12H13N. The molecule has 0 radical (unpaired) electrons. The lowest BCUT2D eigenvalue weighted by Crippen LogP contribution is -1.86. The number of aromatic nitrogens is 1. The number of nitrogens with one attached hydrogen (secondary N) is 1. The molecule has 0 aliphatic heterocycles. The number of hydrogen-bond acceptors (Lipinski definition) is 0. The largest absolute Gasteiger partial charge is 0.361 e. The van der Waals surface area contributed by atoms with Gasteiger partial charge in [0.05, 0.1) is 0 Å². The van der Waals surface area contributed by atoms with Crippen LogP contribution in [0.5, 0.6) is 0 Å². The van der Waals surface area contributed by atoms with E-state index in [1.807, 2.05) is 6.20 Å². The first-order valence-electron chi connectivity index (χ1n) is 4.95. The Kier molecular flexibility index (Phi) is 1.32. The molecule has 1 nitrogen and oxygen atoms in total. The molecule has 0 fully saturated rings. The van der Waals surface area contributed by atoms with Crippen LogP contribution < -0.4 is 0 Å². The van der Waals surface area contributed by atoms with Crippen LogP contribution in [0.1, 0.15) is 30.4 Å².